The van der Waals surface area contributed by atoms with Crippen molar-refractivity contribution >= 4 is 0 Å². The van der Waals surface area contributed by atoms with Gasteiger partial charge in [0.1, 0.15) is 24.7 Å². The van der Waals surface area contributed by atoms with E-state index < -0.39 is 0 Å². The molecule has 8 heteroatoms. The van der Waals surface area contributed by atoms with Gasteiger partial charge in [-0.05, 0) is 38.0 Å². The largest absolute Gasteiger partial charge is 0.491 e. The molecule has 0 atom stereocenters. The van der Waals surface area contributed by atoms with Crippen molar-refractivity contribution in [2.24, 2.45) is 0 Å². The molecule has 0 unspecified atom stereocenters. The minimum absolute atomic E-state index is 0.470. The van der Waals surface area contributed by atoms with Crippen LogP contribution in [0.1, 0.15) is 26.3 Å². The van der Waals surface area contributed by atoms with Crippen molar-refractivity contribution in [1.29, 1.82) is 0 Å². The van der Waals surface area contributed by atoms with Gasteiger partial charge in [-0.1, -0.05) is 6.92 Å². The molecule has 0 aliphatic rings. The molecule has 0 aromatic heterocycles. The van der Waals surface area contributed by atoms with E-state index in [0.29, 0.717) is 92.5 Å². The summed E-state index contributed by atoms with van der Waals surface area (Å²) in [5.41, 5.74) is 1.16. The Morgan fingerprint density at radius 1 is 0.438 bits per heavy atom. The van der Waals surface area contributed by atoms with E-state index in [9.17, 15) is 0 Å². The number of ether oxygens (including phenoxy) is 8. The summed E-state index contributed by atoms with van der Waals surface area (Å²) in [6, 6.07) is 5.95. The van der Waals surface area contributed by atoms with Gasteiger partial charge < -0.3 is 37.9 Å². The van der Waals surface area contributed by atoms with Crippen LogP contribution >= 0.6 is 0 Å². The first-order chi connectivity index (χ1) is 15.8. The van der Waals surface area contributed by atoms with Gasteiger partial charge in [-0.15, -0.1) is 0 Å². The summed E-state index contributed by atoms with van der Waals surface area (Å²) < 4.78 is 43.9. The predicted molar refractivity (Wildman–Crippen MR) is 123 cm³/mol. The van der Waals surface area contributed by atoms with Crippen LogP contribution in [-0.2, 0) is 34.8 Å². The summed E-state index contributed by atoms with van der Waals surface area (Å²) in [6.07, 6.45) is 0.902. The van der Waals surface area contributed by atoms with Crippen molar-refractivity contribution in [3.63, 3.8) is 0 Å². The lowest BCUT2D eigenvalue weighted by atomic mass is 10.1. The summed E-state index contributed by atoms with van der Waals surface area (Å²) in [5.74, 6) is 1.55. The molecule has 8 nitrogen and oxygen atoms in total. The highest BCUT2D eigenvalue weighted by molar-refractivity contribution is 5.38. The number of hydrogen-bond donors (Lipinski definition) is 0. The van der Waals surface area contributed by atoms with Gasteiger partial charge in [0.25, 0.3) is 0 Å². The summed E-state index contributed by atoms with van der Waals surface area (Å²) in [7, 11) is 0. The summed E-state index contributed by atoms with van der Waals surface area (Å²) in [5, 5.41) is 0. The van der Waals surface area contributed by atoms with Gasteiger partial charge in [0.2, 0.25) is 0 Å². The van der Waals surface area contributed by atoms with Crippen LogP contribution in [0.3, 0.4) is 0 Å². The molecule has 1 rings (SSSR count). The average molecular weight is 459 g/mol. The lowest BCUT2D eigenvalue weighted by Gasteiger charge is -2.12. The highest BCUT2D eigenvalue weighted by Crippen LogP contribution is 2.23. The Hall–Kier alpha value is -1.42. The van der Waals surface area contributed by atoms with Crippen molar-refractivity contribution in [2.75, 3.05) is 92.5 Å². The third-order valence-corrected chi connectivity index (χ3v) is 4.24. The van der Waals surface area contributed by atoms with E-state index >= 15 is 0 Å². The molecule has 0 radical (unpaired) electrons. The second-order valence-electron chi connectivity index (χ2n) is 6.71. The van der Waals surface area contributed by atoms with Crippen molar-refractivity contribution in [1.82, 2.24) is 0 Å². The van der Waals surface area contributed by atoms with Crippen molar-refractivity contribution < 1.29 is 37.9 Å². The van der Waals surface area contributed by atoms with E-state index in [2.05, 4.69) is 6.92 Å². The zero-order chi connectivity index (χ0) is 23.1. The van der Waals surface area contributed by atoms with Crippen LogP contribution < -0.4 is 9.47 Å². The Balaban J connectivity index is 2.13. The maximum Gasteiger partial charge on any atom is 0.123 e. The molecule has 1 aromatic carbocycles. The Morgan fingerprint density at radius 2 is 0.781 bits per heavy atom. The van der Waals surface area contributed by atoms with Gasteiger partial charge >= 0.3 is 0 Å². The first-order valence-electron chi connectivity index (χ1n) is 11.7. The maximum absolute atomic E-state index is 5.82. The lowest BCUT2D eigenvalue weighted by molar-refractivity contribution is 0.0110. The molecule has 0 N–H and O–H groups in total. The number of rotatable bonds is 23. The normalized spacial score (nSPS) is 11.1. The van der Waals surface area contributed by atoms with Crippen LogP contribution in [0.2, 0.25) is 0 Å². The number of benzene rings is 1. The Bertz CT molecular complexity index is 498. The molecule has 0 amide bonds. The average Bonchev–Trinajstić information content (AvgIpc) is 2.81. The van der Waals surface area contributed by atoms with E-state index in [-0.39, 0.29) is 0 Å². The molecule has 0 spiro atoms. The first-order valence-corrected chi connectivity index (χ1v) is 11.7. The fraction of sp³-hybridized carbons (Fsp3) is 0.750. The first kappa shape index (κ1) is 28.6. The molecule has 1 aromatic rings. The van der Waals surface area contributed by atoms with E-state index in [1.165, 1.54) is 0 Å². The SMILES string of the molecule is CCOCCOCCOCCOc1cc(CC)cc(OCCOCCOCCOCC)c1. The standard InChI is InChI=1S/C24H42O8/c1-4-22-19-23(31-17-15-29-13-11-27-9-7-25-5-2)21-24(20-22)32-18-16-30-14-12-28-10-8-26-6-3/h19-21H,4-18H2,1-3H3. The molecule has 0 fully saturated rings. The third-order valence-electron chi connectivity index (χ3n) is 4.24. The van der Waals surface area contributed by atoms with Crippen molar-refractivity contribution in [3.05, 3.63) is 23.8 Å². The highest BCUT2D eigenvalue weighted by atomic mass is 16.6. The molecule has 0 saturated carbocycles. The zero-order valence-electron chi connectivity index (χ0n) is 20.1. The van der Waals surface area contributed by atoms with Crippen LogP contribution in [-0.4, -0.2) is 92.5 Å². The fourth-order valence-electron chi connectivity index (χ4n) is 2.61. The third kappa shape index (κ3) is 16.2. The predicted octanol–water partition coefficient (Wildman–Crippen LogP) is 3.15. The fourth-order valence-corrected chi connectivity index (χ4v) is 2.61. The number of aryl methyl sites for hydroxylation is 1. The van der Waals surface area contributed by atoms with Crippen LogP contribution in [0.25, 0.3) is 0 Å². The minimum atomic E-state index is 0.470. The Labute approximate surface area is 193 Å². The second kappa shape index (κ2) is 21.4. The minimum Gasteiger partial charge on any atom is -0.491 e. The highest BCUT2D eigenvalue weighted by Gasteiger charge is 2.03. The van der Waals surface area contributed by atoms with Gasteiger partial charge in [-0.25, -0.2) is 0 Å². The topological polar surface area (TPSA) is 73.8 Å². The smallest absolute Gasteiger partial charge is 0.123 e. The molecule has 0 aliphatic carbocycles. The molecular weight excluding hydrogens is 416 g/mol. The lowest BCUT2D eigenvalue weighted by Crippen LogP contribution is -2.13. The van der Waals surface area contributed by atoms with E-state index in [4.69, 9.17) is 37.9 Å². The number of hydrogen-bond acceptors (Lipinski definition) is 8. The van der Waals surface area contributed by atoms with Crippen molar-refractivity contribution in [3.8, 4) is 11.5 Å². The van der Waals surface area contributed by atoms with E-state index in [1.54, 1.807) is 0 Å². The van der Waals surface area contributed by atoms with Gasteiger partial charge in [-0.2, -0.15) is 0 Å². The molecule has 0 heterocycles. The van der Waals surface area contributed by atoms with Crippen LogP contribution in [0, 0.1) is 0 Å². The monoisotopic (exact) mass is 458 g/mol. The van der Waals surface area contributed by atoms with Gasteiger partial charge in [0.05, 0.1) is 66.1 Å². The van der Waals surface area contributed by atoms with E-state index in [0.717, 1.165) is 23.5 Å². The molecular formula is C24H42O8. The molecule has 0 bridgehead atoms. The summed E-state index contributed by atoms with van der Waals surface area (Å²) >= 11 is 0. The Kier molecular flexibility index (Phi) is 19.2. The second-order valence-corrected chi connectivity index (χ2v) is 6.71. The van der Waals surface area contributed by atoms with Gasteiger partial charge in [-0.3, -0.25) is 0 Å². The van der Waals surface area contributed by atoms with E-state index in [1.807, 2.05) is 32.0 Å². The molecule has 32 heavy (non-hydrogen) atoms. The molecule has 186 valence electrons. The summed E-state index contributed by atoms with van der Waals surface area (Å²) in [6.45, 7) is 14.0. The van der Waals surface area contributed by atoms with Gasteiger partial charge in [0.15, 0.2) is 0 Å². The molecule has 0 aliphatic heterocycles. The Morgan fingerprint density at radius 3 is 1.12 bits per heavy atom. The van der Waals surface area contributed by atoms with Gasteiger partial charge in [0, 0.05) is 19.3 Å². The quantitative estimate of drug-likeness (QED) is 0.232. The van der Waals surface area contributed by atoms with Crippen LogP contribution in [0.4, 0.5) is 0 Å². The molecule has 0 saturated heterocycles. The maximum atomic E-state index is 5.82. The van der Waals surface area contributed by atoms with Crippen molar-refractivity contribution in [2.45, 2.75) is 27.2 Å². The van der Waals surface area contributed by atoms with Crippen LogP contribution in [0.15, 0.2) is 18.2 Å². The zero-order valence-corrected chi connectivity index (χ0v) is 20.1. The van der Waals surface area contributed by atoms with Crippen LogP contribution in [0.5, 0.6) is 11.5 Å². The summed E-state index contributed by atoms with van der Waals surface area (Å²) in [4.78, 5) is 0.